The Labute approximate surface area is 167 Å². The largest absolute Gasteiger partial charge is 0.378 e. The average Bonchev–Trinajstić information content (AvgIpc) is 3.10. The maximum atomic E-state index is 13.3. The quantitative estimate of drug-likeness (QED) is 0.768. The number of hydrogen-bond acceptors (Lipinski definition) is 6. The third kappa shape index (κ3) is 3.04. The van der Waals surface area contributed by atoms with Crippen LogP contribution < -0.4 is 10.5 Å². The third-order valence-corrected chi connectivity index (χ3v) is 7.23. The lowest BCUT2D eigenvalue weighted by Crippen LogP contribution is -2.49. The second-order valence-corrected chi connectivity index (χ2v) is 8.90. The second kappa shape index (κ2) is 7.00. The molecule has 2 saturated heterocycles. The molecule has 3 aliphatic rings. The van der Waals surface area contributed by atoms with E-state index < -0.39 is 0 Å². The molecule has 5 heterocycles. The van der Waals surface area contributed by atoms with Gasteiger partial charge in [-0.05, 0) is 25.3 Å². The van der Waals surface area contributed by atoms with Crippen LogP contribution in [0.15, 0.2) is 23.0 Å². The van der Waals surface area contributed by atoms with Crippen molar-refractivity contribution in [2.75, 3.05) is 44.3 Å². The predicted octanol–water partition coefficient (Wildman–Crippen LogP) is 1.71. The maximum absolute atomic E-state index is 13.3. The highest BCUT2D eigenvalue weighted by Gasteiger charge is 2.37. The zero-order valence-electron chi connectivity index (χ0n) is 16.0. The molecule has 5 rings (SSSR count). The zero-order valence-corrected chi connectivity index (χ0v) is 16.8. The minimum atomic E-state index is 0.0698. The first-order chi connectivity index (χ1) is 13.6. The number of carbonyl (C=O) groups excluding carboxylic acids is 1. The second-order valence-electron chi connectivity index (χ2n) is 7.92. The van der Waals surface area contributed by atoms with Crippen molar-refractivity contribution in [3.05, 3.63) is 44.8 Å². The van der Waals surface area contributed by atoms with E-state index in [0.29, 0.717) is 38.8 Å². The number of rotatable bonds is 2. The molecule has 1 amide bonds. The Balaban J connectivity index is 1.38. The number of morpholine rings is 1. The summed E-state index contributed by atoms with van der Waals surface area (Å²) in [5.74, 6) is 0.649. The Bertz CT molecular complexity index is 963. The number of amides is 1. The Hall–Kier alpha value is -2.19. The van der Waals surface area contributed by atoms with E-state index >= 15 is 0 Å². The highest BCUT2D eigenvalue weighted by atomic mass is 32.1. The van der Waals surface area contributed by atoms with E-state index in [4.69, 9.17) is 4.74 Å². The number of thiazole rings is 1. The molecule has 3 aliphatic heterocycles. The summed E-state index contributed by atoms with van der Waals surface area (Å²) < 4.78 is 7.31. The Morgan fingerprint density at radius 2 is 2.04 bits per heavy atom. The van der Waals surface area contributed by atoms with Gasteiger partial charge in [-0.1, -0.05) is 17.4 Å². The summed E-state index contributed by atoms with van der Waals surface area (Å²) in [5, 5.41) is 0.915. The van der Waals surface area contributed by atoms with Gasteiger partial charge in [-0.2, -0.15) is 0 Å². The number of fused-ring (bicyclic) bond motifs is 4. The number of aryl methyl sites for hydroxylation is 1. The van der Waals surface area contributed by atoms with Gasteiger partial charge in [0.2, 0.25) is 0 Å². The maximum Gasteiger partial charge on any atom is 0.265 e. The van der Waals surface area contributed by atoms with E-state index in [-0.39, 0.29) is 17.4 Å². The van der Waals surface area contributed by atoms with Gasteiger partial charge >= 0.3 is 0 Å². The van der Waals surface area contributed by atoms with Crippen molar-refractivity contribution in [2.45, 2.75) is 25.8 Å². The Kier molecular flexibility index (Phi) is 4.47. The van der Waals surface area contributed by atoms with Crippen molar-refractivity contribution in [3.63, 3.8) is 0 Å². The summed E-state index contributed by atoms with van der Waals surface area (Å²) in [7, 11) is 0. The molecule has 0 aromatic carbocycles. The van der Waals surface area contributed by atoms with Gasteiger partial charge in [0.25, 0.3) is 11.5 Å². The van der Waals surface area contributed by atoms with Gasteiger partial charge in [0, 0.05) is 50.4 Å². The Morgan fingerprint density at radius 3 is 2.86 bits per heavy atom. The fourth-order valence-corrected chi connectivity index (χ4v) is 5.76. The Morgan fingerprint density at radius 1 is 1.21 bits per heavy atom. The van der Waals surface area contributed by atoms with Gasteiger partial charge < -0.3 is 19.1 Å². The van der Waals surface area contributed by atoms with Crippen LogP contribution in [0.5, 0.6) is 0 Å². The molecule has 0 saturated carbocycles. The third-order valence-electron chi connectivity index (χ3n) is 6.03. The van der Waals surface area contributed by atoms with Gasteiger partial charge in [0.15, 0.2) is 5.13 Å². The van der Waals surface area contributed by atoms with Gasteiger partial charge in [-0.25, -0.2) is 4.98 Å². The molecule has 28 heavy (non-hydrogen) atoms. The lowest BCUT2D eigenvalue weighted by molar-refractivity contribution is 0.0598. The van der Waals surface area contributed by atoms with Gasteiger partial charge in [-0.3, -0.25) is 9.59 Å². The number of likely N-dealkylation sites (tertiary alicyclic amines) is 1. The van der Waals surface area contributed by atoms with Crippen molar-refractivity contribution in [2.24, 2.45) is 5.92 Å². The molecule has 0 spiro atoms. The van der Waals surface area contributed by atoms with Gasteiger partial charge in [0.05, 0.1) is 18.9 Å². The standard InChI is InChI=1S/C20H24N4O3S/c1-13-18(28-20(21-13)22-5-7-27-8-6-22)19(26)23-10-14-9-15(12-23)16-3-2-4-17(25)24(16)11-14/h2-4,14-15H,5-12H2,1H3/t14-,15+/m0/s1. The number of carbonyl (C=O) groups is 1. The molecule has 0 radical (unpaired) electrons. The van der Waals surface area contributed by atoms with Gasteiger partial charge in [0.1, 0.15) is 4.88 Å². The molecule has 0 N–H and O–H groups in total. The smallest absolute Gasteiger partial charge is 0.265 e. The number of piperidine rings is 1. The van der Waals surface area contributed by atoms with E-state index in [1.165, 1.54) is 11.3 Å². The molecule has 8 heteroatoms. The van der Waals surface area contributed by atoms with Crippen molar-refractivity contribution in [1.82, 2.24) is 14.5 Å². The van der Waals surface area contributed by atoms with Crippen LogP contribution in [0.1, 0.15) is 33.4 Å². The molecule has 0 aliphatic carbocycles. The van der Waals surface area contributed by atoms with E-state index in [9.17, 15) is 9.59 Å². The van der Waals surface area contributed by atoms with Crippen LogP contribution in [-0.2, 0) is 11.3 Å². The van der Waals surface area contributed by atoms with E-state index in [0.717, 1.165) is 40.9 Å². The summed E-state index contributed by atoms with van der Waals surface area (Å²) in [6.07, 6.45) is 1.05. The molecule has 2 aromatic heterocycles. The molecular formula is C20H24N4O3S. The summed E-state index contributed by atoms with van der Waals surface area (Å²) in [6, 6.07) is 5.49. The van der Waals surface area contributed by atoms with Crippen LogP contribution in [0, 0.1) is 12.8 Å². The molecule has 148 valence electrons. The lowest BCUT2D eigenvalue weighted by Gasteiger charge is -2.42. The monoisotopic (exact) mass is 400 g/mol. The topological polar surface area (TPSA) is 67.7 Å². The van der Waals surface area contributed by atoms with E-state index in [1.807, 2.05) is 28.5 Å². The first-order valence-corrected chi connectivity index (χ1v) is 10.7. The van der Waals surface area contributed by atoms with Crippen LogP contribution in [0.2, 0.25) is 0 Å². The van der Waals surface area contributed by atoms with Crippen molar-refractivity contribution in [3.8, 4) is 0 Å². The molecule has 0 unspecified atom stereocenters. The normalized spacial score (nSPS) is 24.2. The highest BCUT2D eigenvalue weighted by Crippen LogP contribution is 2.36. The fraction of sp³-hybridized carbons (Fsp3) is 0.550. The van der Waals surface area contributed by atoms with Crippen molar-refractivity contribution in [1.29, 1.82) is 0 Å². The number of ether oxygens (including phenoxy) is 1. The summed E-state index contributed by atoms with van der Waals surface area (Å²) >= 11 is 1.50. The minimum Gasteiger partial charge on any atom is -0.378 e. The average molecular weight is 401 g/mol. The summed E-state index contributed by atoms with van der Waals surface area (Å²) in [4.78, 5) is 35.1. The first kappa shape index (κ1) is 17.9. The van der Waals surface area contributed by atoms with Crippen LogP contribution in [0.3, 0.4) is 0 Å². The predicted molar refractivity (Wildman–Crippen MR) is 107 cm³/mol. The molecule has 2 atom stereocenters. The van der Waals surface area contributed by atoms with E-state index in [1.54, 1.807) is 6.07 Å². The number of pyridine rings is 1. The van der Waals surface area contributed by atoms with Crippen LogP contribution >= 0.6 is 11.3 Å². The molecule has 7 nitrogen and oxygen atoms in total. The number of nitrogens with zero attached hydrogens (tertiary/aromatic N) is 4. The van der Waals surface area contributed by atoms with E-state index in [2.05, 4.69) is 9.88 Å². The summed E-state index contributed by atoms with van der Waals surface area (Å²) in [6.45, 7) is 7.05. The molecule has 2 aromatic rings. The SMILES string of the molecule is Cc1nc(N2CCOCC2)sc1C(=O)N1C[C@@H]2C[C@H](C1)c1cccc(=O)n1C2. The van der Waals surface area contributed by atoms with Gasteiger partial charge in [-0.15, -0.1) is 0 Å². The summed E-state index contributed by atoms with van der Waals surface area (Å²) in [5.41, 5.74) is 1.94. The minimum absolute atomic E-state index is 0.0698. The number of aromatic nitrogens is 2. The van der Waals surface area contributed by atoms with Crippen LogP contribution in [-0.4, -0.2) is 59.8 Å². The molecule has 2 fully saturated rings. The number of anilines is 1. The lowest BCUT2D eigenvalue weighted by atomic mass is 9.83. The van der Waals surface area contributed by atoms with Crippen LogP contribution in [0.25, 0.3) is 0 Å². The van der Waals surface area contributed by atoms with Crippen LogP contribution in [0.4, 0.5) is 5.13 Å². The van der Waals surface area contributed by atoms with Crippen molar-refractivity contribution >= 4 is 22.4 Å². The zero-order chi connectivity index (χ0) is 19.3. The highest BCUT2D eigenvalue weighted by molar-refractivity contribution is 7.17. The fourth-order valence-electron chi connectivity index (χ4n) is 4.68. The molecule has 2 bridgehead atoms. The number of hydrogen-bond donors (Lipinski definition) is 0. The van der Waals surface area contributed by atoms with Crippen molar-refractivity contribution < 1.29 is 9.53 Å². The molecular weight excluding hydrogens is 376 g/mol. The first-order valence-electron chi connectivity index (χ1n) is 9.89.